The van der Waals surface area contributed by atoms with E-state index in [0.29, 0.717) is 12.5 Å². The van der Waals surface area contributed by atoms with Crippen LogP contribution in [0.1, 0.15) is 31.4 Å². The van der Waals surface area contributed by atoms with Crippen LogP contribution in [0.3, 0.4) is 0 Å². The lowest BCUT2D eigenvalue weighted by Crippen LogP contribution is -2.26. The number of nitrogens with two attached hydrogens (primary N) is 1. The van der Waals surface area contributed by atoms with Gasteiger partial charge in [0.2, 0.25) is 5.88 Å². The Morgan fingerprint density at radius 3 is 3.00 bits per heavy atom. The topological polar surface area (TPSA) is 51.4 Å². The van der Waals surface area contributed by atoms with Gasteiger partial charge in [0.1, 0.15) is 6.61 Å². The Balaban J connectivity index is 1.85. The maximum absolute atomic E-state index is 5.87. The minimum absolute atomic E-state index is 0.0418. The van der Waals surface area contributed by atoms with Gasteiger partial charge in [-0.05, 0) is 32.9 Å². The monoisotopic (exact) mass is 235 g/mol. The first kappa shape index (κ1) is 12.3. The lowest BCUT2D eigenvalue weighted by Gasteiger charge is -2.17. The molecule has 1 aromatic rings. The summed E-state index contributed by atoms with van der Waals surface area (Å²) in [5.74, 6) is 0.673. The van der Waals surface area contributed by atoms with Crippen LogP contribution < -0.4 is 10.5 Å². The molecule has 0 unspecified atom stereocenters. The molecule has 1 heterocycles. The third-order valence-corrected chi connectivity index (χ3v) is 3.14. The summed E-state index contributed by atoms with van der Waals surface area (Å²) in [5.41, 5.74) is 6.85. The van der Waals surface area contributed by atoms with Gasteiger partial charge in [0.15, 0.2) is 0 Å². The molecule has 2 N–H and O–H groups in total. The Hall–Kier alpha value is -1.13. The second kappa shape index (κ2) is 5.47. The molecule has 4 heteroatoms. The highest BCUT2D eigenvalue weighted by Gasteiger charge is 2.25. The summed E-state index contributed by atoms with van der Waals surface area (Å²) >= 11 is 0. The predicted octanol–water partition coefficient (Wildman–Crippen LogP) is 1.57. The smallest absolute Gasteiger partial charge is 0.218 e. The van der Waals surface area contributed by atoms with Crippen molar-refractivity contribution in [2.24, 2.45) is 5.73 Å². The highest BCUT2D eigenvalue weighted by Crippen LogP contribution is 2.25. The number of pyridine rings is 1. The van der Waals surface area contributed by atoms with E-state index >= 15 is 0 Å². The number of hydrogen-bond donors (Lipinski definition) is 1. The Kier molecular flexibility index (Phi) is 3.97. The fourth-order valence-electron chi connectivity index (χ4n) is 1.85. The van der Waals surface area contributed by atoms with E-state index in [2.05, 4.69) is 16.9 Å². The molecule has 1 saturated carbocycles. The van der Waals surface area contributed by atoms with Crippen LogP contribution in [-0.2, 0) is 0 Å². The summed E-state index contributed by atoms with van der Waals surface area (Å²) in [4.78, 5) is 6.58. The molecule has 1 aliphatic rings. The summed E-state index contributed by atoms with van der Waals surface area (Å²) in [6.45, 7) is 3.56. The van der Waals surface area contributed by atoms with Crippen molar-refractivity contribution in [3.8, 4) is 5.88 Å². The highest BCUT2D eigenvalue weighted by atomic mass is 16.5. The van der Waals surface area contributed by atoms with E-state index < -0.39 is 0 Å². The van der Waals surface area contributed by atoms with Crippen LogP contribution in [0.2, 0.25) is 0 Å². The van der Waals surface area contributed by atoms with E-state index in [0.717, 1.165) is 18.2 Å². The highest BCUT2D eigenvalue weighted by molar-refractivity contribution is 5.28. The third kappa shape index (κ3) is 3.41. The van der Waals surface area contributed by atoms with Gasteiger partial charge in [0.25, 0.3) is 0 Å². The number of likely N-dealkylation sites (N-methyl/N-ethyl adjacent to an activating group) is 1. The molecule has 1 fully saturated rings. The van der Waals surface area contributed by atoms with E-state index in [-0.39, 0.29) is 6.04 Å². The fourth-order valence-corrected chi connectivity index (χ4v) is 1.85. The minimum Gasteiger partial charge on any atom is -0.476 e. The van der Waals surface area contributed by atoms with Crippen LogP contribution in [0, 0.1) is 0 Å². The Morgan fingerprint density at radius 1 is 1.59 bits per heavy atom. The predicted molar refractivity (Wildman–Crippen MR) is 68.0 cm³/mol. The molecule has 0 bridgehead atoms. The van der Waals surface area contributed by atoms with Crippen molar-refractivity contribution in [1.82, 2.24) is 9.88 Å². The van der Waals surface area contributed by atoms with Crippen LogP contribution in [0.15, 0.2) is 18.3 Å². The van der Waals surface area contributed by atoms with Crippen molar-refractivity contribution in [3.05, 3.63) is 23.9 Å². The van der Waals surface area contributed by atoms with E-state index in [1.54, 1.807) is 6.20 Å². The van der Waals surface area contributed by atoms with Crippen molar-refractivity contribution in [2.75, 3.05) is 20.2 Å². The van der Waals surface area contributed by atoms with Gasteiger partial charge in [-0.3, -0.25) is 0 Å². The van der Waals surface area contributed by atoms with Gasteiger partial charge in [0, 0.05) is 30.4 Å². The van der Waals surface area contributed by atoms with E-state index in [1.807, 2.05) is 19.1 Å². The number of nitrogens with zero attached hydrogens (tertiary/aromatic N) is 2. The molecule has 4 nitrogen and oxygen atoms in total. The summed E-state index contributed by atoms with van der Waals surface area (Å²) in [5, 5.41) is 0. The van der Waals surface area contributed by atoms with Crippen LogP contribution >= 0.6 is 0 Å². The molecule has 17 heavy (non-hydrogen) atoms. The zero-order valence-electron chi connectivity index (χ0n) is 10.6. The average molecular weight is 235 g/mol. The fraction of sp³-hybridized carbons (Fsp3) is 0.615. The first-order chi connectivity index (χ1) is 8.18. The van der Waals surface area contributed by atoms with Gasteiger partial charge in [0.05, 0.1) is 0 Å². The van der Waals surface area contributed by atoms with Gasteiger partial charge in [-0.15, -0.1) is 0 Å². The largest absolute Gasteiger partial charge is 0.476 e. The Morgan fingerprint density at radius 2 is 2.35 bits per heavy atom. The van der Waals surface area contributed by atoms with Crippen LogP contribution in [0.25, 0.3) is 0 Å². The summed E-state index contributed by atoms with van der Waals surface area (Å²) in [6.07, 6.45) is 4.39. The molecule has 0 aliphatic heterocycles. The summed E-state index contributed by atoms with van der Waals surface area (Å²) in [7, 11) is 2.14. The number of ether oxygens (including phenoxy) is 1. The molecule has 0 radical (unpaired) electrons. The number of aromatic nitrogens is 1. The van der Waals surface area contributed by atoms with Gasteiger partial charge < -0.3 is 15.4 Å². The first-order valence-corrected chi connectivity index (χ1v) is 6.22. The second-order valence-corrected chi connectivity index (χ2v) is 4.75. The third-order valence-electron chi connectivity index (χ3n) is 3.14. The van der Waals surface area contributed by atoms with Gasteiger partial charge in [-0.1, -0.05) is 6.07 Å². The van der Waals surface area contributed by atoms with Crippen molar-refractivity contribution in [3.63, 3.8) is 0 Å². The average Bonchev–Trinajstić information content (AvgIpc) is 3.13. The molecule has 0 amide bonds. The zero-order chi connectivity index (χ0) is 12.3. The summed E-state index contributed by atoms with van der Waals surface area (Å²) in [6, 6.07) is 4.59. The molecular formula is C13H21N3O. The van der Waals surface area contributed by atoms with E-state index in [4.69, 9.17) is 10.5 Å². The molecule has 0 aromatic carbocycles. The van der Waals surface area contributed by atoms with Gasteiger partial charge in [-0.2, -0.15) is 0 Å². The molecular weight excluding hydrogens is 214 g/mol. The number of hydrogen-bond acceptors (Lipinski definition) is 4. The Bertz CT molecular complexity index is 363. The van der Waals surface area contributed by atoms with Crippen molar-refractivity contribution in [2.45, 2.75) is 31.8 Å². The van der Waals surface area contributed by atoms with Crippen molar-refractivity contribution < 1.29 is 4.74 Å². The number of rotatable bonds is 6. The van der Waals surface area contributed by atoms with E-state index in [1.165, 1.54) is 12.8 Å². The quantitative estimate of drug-likeness (QED) is 0.813. The standard InChI is InChI=1S/C13H21N3O/c1-10(14)12-4-3-7-15-13(12)17-9-8-16(2)11-5-6-11/h3-4,7,10-11H,5-6,8-9,14H2,1-2H3/t10-/m1/s1. The molecule has 1 aromatic heterocycles. The molecule has 1 aliphatic carbocycles. The molecule has 0 spiro atoms. The van der Waals surface area contributed by atoms with Crippen molar-refractivity contribution in [1.29, 1.82) is 0 Å². The molecule has 94 valence electrons. The molecule has 0 saturated heterocycles. The van der Waals surface area contributed by atoms with Crippen molar-refractivity contribution >= 4 is 0 Å². The maximum Gasteiger partial charge on any atom is 0.218 e. The molecule has 1 atom stereocenters. The SMILES string of the molecule is C[C@@H](N)c1cccnc1OCCN(C)C1CC1. The minimum atomic E-state index is -0.0418. The second-order valence-electron chi connectivity index (χ2n) is 4.75. The van der Waals surface area contributed by atoms with Crippen LogP contribution in [0.5, 0.6) is 5.88 Å². The van der Waals surface area contributed by atoms with Gasteiger partial charge >= 0.3 is 0 Å². The molecule has 2 rings (SSSR count). The zero-order valence-corrected chi connectivity index (χ0v) is 10.6. The van der Waals surface area contributed by atoms with Crippen LogP contribution in [0.4, 0.5) is 0 Å². The van der Waals surface area contributed by atoms with Gasteiger partial charge in [-0.25, -0.2) is 4.98 Å². The first-order valence-electron chi connectivity index (χ1n) is 6.22. The lowest BCUT2D eigenvalue weighted by molar-refractivity contribution is 0.224. The van der Waals surface area contributed by atoms with E-state index in [9.17, 15) is 0 Å². The Labute approximate surface area is 103 Å². The lowest BCUT2D eigenvalue weighted by atomic mass is 10.1. The maximum atomic E-state index is 5.87. The summed E-state index contributed by atoms with van der Waals surface area (Å²) < 4.78 is 5.71. The van der Waals surface area contributed by atoms with Crippen LogP contribution in [-0.4, -0.2) is 36.1 Å². The normalized spacial score (nSPS) is 17.2.